The molecule has 1 saturated heterocycles. The number of amides is 4. The first-order valence-corrected chi connectivity index (χ1v) is 10.3. The quantitative estimate of drug-likeness (QED) is 0.765. The largest absolute Gasteiger partial charge is 0.366 e. The second-order valence-corrected chi connectivity index (χ2v) is 7.57. The molecule has 0 saturated carbocycles. The number of primary amides is 1. The van der Waals surface area contributed by atoms with Crippen molar-refractivity contribution in [1.29, 1.82) is 0 Å². The minimum atomic E-state index is -0.471. The Hall–Kier alpha value is -3.06. The average molecular weight is 429 g/mol. The number of hydrogen-bond acceptors (Lipinski definition) is 3. The van der Waals surface area contributed by atoms with Crippen molar-refractivity contribution in [1.82, 2.24) is 15.1 Å². The van der Waals surface area contributed by atoms with E-state index in [4.69, 9.17) is 17.3 Å². The van der Waals surface area contributed by atoms with E-state index in [1.807, 2.05) is 6.07 Å². The van der Waals surface area contributed by atoms with E-state index in [-0.39, 0.29) is 11.9 Å². The van der Waals surface area contributed by atoms with E-state index in [2.05, 4.69) is 5.32 Å². The lowest BCUT2D eigenvalue weighted by molar-refractivity contribution is 0.0762. The molecule has 0 unspecified atom stereocenters. The van der Waals surface area contributed by atoms with Gasteiger partial charge in [-0.25, -0.2) is 4.79 Å². The predicted octanol–water partition coefficient (Wildman–Crippen LogP) is 2.54. The molecule has 158 valence electrons. The minimum Gasteiger partial charge on any atom is -0.366 e. The van der Waals surface area contributed by atoms with Crippen molar-refractivity contribution < 1.29 is 14.4 Å². The predicted molar refractivity (Wildman–Crippen MR) is 116 cm³/mol. The first kappa shape index (κ1) is 21.6. The van der Waals surface area contributed by atoms with Crippen LogP contribution in [0.1, 0.15) is 32.7 Å². The Morgan fingerprint density at radius 3 is 2.47 bits per heavy atom. The summed E-state index contributed by atoms with van der Waals surface area (Å²) in [7, 11) is 0. The summed E-state index contributed by atoms with van der Waals surface area (Å²) in [4.78, 5) is 40.0. The summed E-state index contributed by atoms with van der Waals surface area (Å²) < 4.78 is 0. The smallest absolute Gasteiger partial charge is 0.317 e. The molecule has 2 aromatic carbocycles. The third kappa shape index (κ3) is 5.51. The fourth-order valence-corrected chi connectivity index (χ4v) is 3.65. The Morgan fingerprint density at radius 2 is 1.70 bits per heavy atom. The van der Waals surface area contributed by atoms with Crippen molar-refractivity contribution >= 4 is 29.4 Å². The van der Waals surface area contributed by atoms with Crippen LogP contribution in [-0.2, 0) is 6.42 Å². The maximum atomic E-state index is 12.7. The third-order valence-electron chi connectivity index (χ3n) is 5.08. The summed E-state index contributed by atoms with van der Waals surface area (Å²) in [6.07, 6.45) is 1.29. The van der Waals surface area contributed by atoms with Crippen molar-refractivity contribution in [3.05, 3.63) is 70.2 Å². The summed E-state index contributed by atoms with van der Waals surface area (Å²) in [5, 5.41) is 3.34. The summed E-state index contributed by atoms with van der Waals surface area (Å²) in [5.41, 5.74) is 7.16. The molecule has 0 aliphatic carbocycles. The van der Waals surface area contributed by atoms with E-state index in [0.29, 0.717) is 61.7 Å². The molecule has 8 heteroatoms. The molecule has 30 heavy (non-hydrogen) atoms. The minimum absolute atomic E-state index is 0.114. The topological polar surface area (TPSA) is 95.7 Å². The number of benzene rings is 2. The van der Waals surface area contributed by atoms with Crippen LogP contribution in [0.3, 0.4) is 0 Å². The molecule has 3 rings (SSSR count). The summed E-state index contributed by atoms with van der Waals surface area (Å²) >= 11 is 6.15. The van der Waals surface area contributed by atoms with Gasteiger partial charge in [0.15, 0.2) is 0 Å². The monoisotopic (exact) mass is 428 g/mol. The van der Waals surface area contributed by atoms with E-state index >= 15 is 0 Å². The molecule has 0 atom stereocenters. The van der Waals surface area contributed by atoms with Crippen LogP contribution in [0.5, 0.6) is 0 Å². The fourth-order valence-electron chi connectivity index (χ4n) is 3.43. The highest BCUT2D eigenvalue weighted by atomic mass is 35.5. The zero-order chi connectivity index (χ0) is 21.5. The maximum absolute atomic E-state index is 12.7. The van der Waals surface area contributed by atoms with Crippen LogP contribution in [0, 0.1) is 0 Å². The molecule has 7 nitrogen and oxygen atoms in total. The molecular formula is C22H25ClN4O3. The highest BCUT2D eigenvalue weighted by Crippen LogP contribution is 2.18. The van der Waals surface area contributed by atoms with Gasteiger partial charge in [-0.2, -0.15) is 0 Å². The number of urea groups is 1. The molecule has 2 aromatic rings. The first-order valence-electron chi connectivity index (χ1n) is 9.91. The van der Waals surface area contributed by atoms with E-state index in [1.165, 1.54) is 0 Å². The molecule has 0 spiro atoms. The second-order valence-electron chi connectivity index (χ2n) is 7.16. The van der Waals surface area contributed by atoms with Crippen LogP contribution in [0.4, 0.5) is 4.79 Å². The van der Waals surface area contributed by atoms with Crippen LogP contribution in [0.2, 0.25) is 5.02 Å². The highest BCUT2D eigenvalue weighted by Gasteiger charge is 2.23. The van der Waals surface area contributed by atoms with E-state index in [0.717, 1.165) is 5.56 Å². The maximum Gasteiger partial charge on any atom is 0.317 e. The average Bonchev–Trinajstić information content (AvgIpc) is 3.00. The van der Waals surface area contributed by atoms with Crippen molar-refractivity contribution in [3.63, 3.8) is 0 Å². The zero-order valence-electron chi connectivity index (χ0n) is 16.6. The van der Waals surface area contributed by atoms with Crippen LogP contribution in [0.15, 0.2) is 48.5 Å². The van der Waals surface area contributed by atoms with Gasteiger partial charge in [-0.05, 0) is 42.7 Å². The van der Waals surface area contributed by atoms with E-state index < -0.39 is 5.91 Å². The van der Waals surface area contributed by atoms with Gasteiger partial charge in [0.1, 0.15) is 0 Å². The van der Waals surface area contributed by atoms with Crippen molar-refractivity contribution in [3.8, 4) is 0 Å². The van der Waals surface area contributed by atoms with Crippen molar-refractivity contribution in [2.45, 2.75) is 12.8 Å². The molecule has 1 fully saturated rings. The lowest BCUT2D eigenvalue weighted by Crippen LogP contribution is -2.43. The Kier molecular flexibility index (Phi) is 7.30. The van der Waals surface area contributed by atoms with Gasteiger partial charge in [-0.1, -0.05) is 35.9 Å². The number of nitrogens with two attached hydrogens (primary N) is 1. The zero-order valence-corrected chi connectivity index (χ0v) is 17.4. The van der Waals surface area contributed by atoms with Gasteiger partial charge in [-0.3, -0.25) is 9.59 Å². The van der Waals surface area contributed by atoms with Gasteiger partial charge in [0.25, 0.3) is 5.91 Å². The molecular weight excluding hydrogens is 404 g/mol. The number of carbonyl (C=O) groups is 3. The third-order valence-corrected chi connectivity index (χ3v) is 5.41. The molecule has 0 bridgehead atoms. The standard InChI is InChI=1S/C22H25ClN4O3/c23-19-8-2-1-7-18(19)21(29)26-11-4-12-27(14-13-26)22(30)25-10-9-16-5-3-6-17(15-16)20(24)28/h1-3,5-8,15H,4,9-14H2,(H2,24,28)(H,25,30). The van der Waals surface area contributed by atoms with Gasteiger partial charge in [0.05, 0.1) is 10.6 Å². The van der Waals surface area contributed by atoms with E-state index in [1.54, 1.807) is 52.3 Å². The van der Waals surface area contributed by atoms with Gasteiger partial charge < -0.3 is 20.9 Å². The second kappa shape index (κ2) is 10.1. The summed E-state index contributed by atoms with van der Waals surface area (Å²) in [6, 6.07) is 13.9. The number of nitrogens with zero attached hydrogens (tertiary/aromatic N) is 2. The van der Waals surface area contributed by atoms with Crippen LogP contribution in [0.25, 0.3) is 0 Å². The van der Waals surface area contributed by atoms with Gasteiger partial charge in [-0.15, -0.1) is 0 Å². The SMILES string of the molecule is NC(=O)c1cccc(CCNC(=O)N2CCCN(C(=O)c3ccccc3Cl)CC2)c1. The first-order chi connectivity index (χ1) is 14.5. The van der Waals surface area contributed by atoms with Crippen LogP contribution < -0.4 is 11.1 Å². The van der Waals surface area contributed by atoms with Crippen molar-refractivity contribution in [2.75, 3.05) is 32.7 Å². The molecule has 1 aliphatic heterocycles. The summed E-state index contributed by atoms with van der Waals surface area (Å²) in [6.45, 7) is 2.51. The Labute approximate surface area is 180 Å². The Morgan fingerprint density at radius 1 is 0.967 bits per heavy atom. The number of rotatable bonds is 5. The number of hydrogen-bond donors (Lipinski definition) is 2. The molecule has 1 aliphatic rings. The molecule has 1 heterocycles. The van der Waals surface area contributed by atoms with Gasteiger partial charge in [0.2, 0.25) is 5.91 Å². The van der Waals surface area contributed by atoms with Crippen molar-refractivity contribution in [2.24, 2.45) is 5.73 Å². The summed E-state index contributed by atoms with van der Waals surface area (Å²) in [5.74, 6) is -0.585. The number of halogens is 1. The fraction of sp³-hybridized carbons (Fsp3) is 0.318. The van der Waals surface area contributed by atoms with Gasteiger partial charge in [0, 0.05) is 38.3 Å². The van der Waals surface area contributed by atoms with Crippen LogP contribution >= 0.6 is 11.6 Å². The van der Waals surface area contributed by atoms with Crippen LogP contribution in [-0.4, -0.2) is 60.4 Å². The van der Waals surface area contributed by atoms with E-state index in [9.17, 15) is 14.4 Å². The number of nitrogens with one attached hydrogen (secondary N) is 1. The van der Waals surface area contributed by atoms with Gasteiger partial charge >= 0.3 is 6.03 Å². The molecule has 4 amide bonds. The normalized spacial score (nSPS) is 14.2. The lowest BCUT2D eigenvalue weighted by atomic mass is 10.1. The highest BCUT2D eigenvalue weighted by molar-refractivity contribution is 6.33. The number of carbonyl (C=O) groups excluding carboxylic acids is 3. The molecule has 0 aromatic heterocycles. The lowest BCUT2D eigenvalue weighted by Gasteiger charge is -2.23. The molecule has 3 N–H and O–H groups in total. The Balaban J connectivity index is 1.49. The molecule has 0 radical (unpaired) electrons. The Bertz CT molecular complexity index is 934.